The maximum atomic E-state index is 12.5. The molecule has 0 bridgehead atoms. The second-order valence-corrected chi connectivity index (χ2v) is 3.10. The summed E-state index contributed by atoms with van der Waals surface area (Å²) in [5.41, 5.74) is 0.801. The van der Waals surface area contributed by atoms with E-state index in [4.69, 9.17) is 11.6 Å². The van der Waals surface area contributed by atoms with Gasteiger partial charge >= 0.3 is 0 Å². The van der Waals surface area contributed by atoms with E-state index in [1.54, 1.807) is 18.1 Å². The van der Waals surface area contributed by atoms with Gasteiger partial charge in [0.2, 0.25) is 0 Å². The molecule has 0 aliphatic carbocycles. The van der Waals surface area contributed by atoms with Gasteiger partial charge in [-0.25, -0.2) is 9.18 Å². The van der Waals surface area contributed by atoms with Gasteiger partial charge in [0.1, 0.15) is 11.8 Å². The van der Waals surface area contributed by atoms with Crippen molar-refractivity contribution in [3.8, 4) is 0 Å². The third-order valence-electron chi connectivity index (χ3n) is 1.64. The number of rotatable bonds is 3. The Kier molecular flexibility index (Phi) is 3.69. The van der Waals surface area contributed by atoms with E-state index < -0.39 is 0 Å². The van der Waals surface area contributed by atoms with Crippen LogP contribution in [0.3, 0.4) is 0 Å². The molecule has 0 spiro atoms. The third kappa shape index (κ3) is 3.02. The van der Waals surface area contributed by atoms with Crippen LogP contribution in [-0.2, 0) is 4.79 Å². The molecule has 13 heavy (non-hydrogen) atoms. The van der Waals surface area contributed by atoms with Gasteiger partial charge in [-0.15, -0.1) is 11.6 Å². The summed E-state index contributed by atoms with van der Waals surface area (Å²) < 4.78 is 12.5. The average Bonchev–Trinajstić information content (AvgIpc) is 2.15. The van der Waals surface area contributed by atoms with Gasteiger partial charge in [-0.3, -0.25) is 0 Å². The molecule has 0 aliphatic rings. The first-order chi connectivity index (χ1) is 6.24. The van der Waals surface area contributed by atoms with E-state index in [-0.39, 0.29) is 11.2 Å². The fourth-order valence-corrected chi connectivity index (χ4v) is 1.19. The van der Waals surface area contributed by atoms with Crippen molar-refractivity contribution in [1.82, 2.24) is 0 Å². The summed E-state index contributed by atoms with van der Waals surface area (Å²) in [5, 5.41) is -0.290. The maximum absolute atomic E-state index is 12.5. The molecule has 1 unspecified atom stereocenters. The number of alkyl halides is 1. The monoisotopic (exact) mass is 198 g/mol. The van der Waals surface area contributed by atoms with Crippen molar-refractivity contribution in [1.29, 1.82) is 0 Å². The largest absolute Gasteiger partial charge is 0.234 e. The summed E-state index contributed by atoms with van der Waals surface area (Å²) in [7, 11) is 0. The second kappa shape index (κ2) is 4.80. The van der Waals surface area contributed by atoms with Crippen molar-refractivity contribution in [3.05, 3.63) is 41.7 Å². The number of halogens is 2. The SMILES string of the molecule is O=C=CCC(Cl)c1ccc(F)cc1. The third-order valence-corrected chi connectivity index (χ3v) is 2.07. The minimum atomic E-state index is -0.293. The Morgan fingerprint density at radius 3 is 2.62 bits per heavy atom. The first-order valence-corrected chi connectivity index (χ1v) is 4.26. The Bertz CT molecular complexity index is 314. The van der Waals surface area contributed by atoms with E-state index in [1.165, 1.54) is 18.2 Å². The summed E-state index contributed by atoms with van der Waals surface area (Å²) >= 11 is 5.90. The highest BCUT2D eigenvalue weighted by Gasteiger charge is 2.05. The molecular weight excluding hydrogens is 191 g/mol. The standard InChI is InChI=1S/C10H8ClFO/c11-10(2-1-7-13)8-3-5-9(12)6-4-8/h1,3-6,10H,2H2. The lowest BCUT2D eigenvalue weighted by molar-refractivity contribution is 0.568. The zero-order chi connectivity index (χ0) is 9.68. The molecule has 0 aromatic heterocycles. The van der Waals surface area contributed by atoms with Crippen LogP contribution < -0.4 is 0 Å². The van der Waals surface area contributed by atoms with Crippen LogP contribution in [0, 0.1) is 5.82 Å². The molecule has 0 radical (unpaired) electrons. The Morgan fingerprint density at radius 2 is 2.08 bits per heavy atom. The van der Waals surface area contributed by atoms with E-state index in [0.29, 0.717) is 6.42 Å². The molecule has 0 amide bonds. The fourth-order valence-electron chi connectivity index (χ4n) is 0.959. The Morgan fingerprint density at radius 1 is 1.46 bits per heavy atom. The molecule has 0 saturated heterocycles. The quantitative estimate of drug-likeness (QED) is 0.539. The van der Waals surface area contributed by atoms with Crippen molar-refractivity contribution < 1.29 is 9.18 Å². The lowest BCUT2D eigenvalue weighted by Gasteiger charge is -2.05. The highest BCUT2D eigenvalue weighted by atomic mass is 35.5. The average molecular weight is 199 g/mol. The second-order valence-electron chi connectivity index (χ2n) is 2.58. The van der Waals surface area contributed by atoms with Gasteiger partial charge in [-0.2, -0.15) is 0 Å². The molecule has 1 aromatic carbocycles. The van der Waals surface area contributed by atoms with Crippen LogP contribution in [0.2, 0.25) is 0 Å². The van der Waals surface area contributed by atoms with Crippen molar-refractivity contribution in [2.75, 3.05) is 0 Å². The summed E-state index contributed by atoms with van der Waals surface area (Å²) in [5.74, 6) is 1.35. The summed E-state index contributed by atoms with van der Waals surface area (Å²) in [6.45, 7) is 0. The molecule has 0 N–H and O–H groups in total. The zero-order valence-corrected chi connectivity index (χ0v) is 7.59. The van der Waals surface area contributed by atoms with Crippen LogP contribution in [0.1, 0.15) is 17.4 Å². The number of allylic oxidation sites excluding steroid dienone is 1. The van der Waals surface area contributed by atoms with Crippen LogP contribution >= 0.6 is 11.6 Å². The highest BCUT2D eigenvalue weighted by molar-refractivity contribution is 6.20. The number of hydrogen-bond donors (Lipinski definition) is 0. The van der Waals surface area contributed by atoms with Gasteiger partial charge in [-0.05, 0) is 24.1 Å². The number of carbonyl (C=O) groups excluding carboxylic acids is 1. The number of benzene rings is 1. The zero-order valence-electron chi connectivity index (χ0n) is 6.84. The van der Waals surface area contributed by atoms with Gasteiger partial charge in [0.05, 0.1) is 5.38 Å². The van der Waals surface area contributed by atoms with Crippen molar-refractivity contribution in [2.24, 2.45) is 0 Å². The Balaban J connectivity index is 2.71. The minimum absolute atomic E-state index is 0.290. The molecule has 1 aromatic rings. The van der Waals surface area contributed by atoms with Gasteiger partial charge in [0.25, 0.3) is 0 Å². The van der Waals surface area contributed by atoms with Crippen LogP contribution in [0.15, 0.2) is 30.3 Å². The molecule has 1 atom stereocenters. The molecular formula is C10H8ClFO. The molecule has 0 aliphatic heterocycles. The molecule has 68 valence electrons. The predicted octanol–water partition coefficient (Wildman–Crippen LogP) is 2.88. The first-order valence-electron chi connectivity index (χ1n) is 3.83. The Hall–Kier alpha value is -1.11. The van der Waals surface area contributed by atoms with E-state index >= 15 is 0 Å². The first kappa shape index (κ1) is 9.97. The number of hydrogen-bond acceptors (Lipinski definition) is 1. The summed E-state index contributed by atoms with van der Waals surface area (Å²) in [6.07, 6.45) is 1.73. The molecule has 0 saturated carbocycles. The minimum Gasteiger partial charge on any atom is -0.234 e. The fraction of sp³-hybridized carbons (Fsp3) is 0.200. The van der Waals surface area contributed by atoms with E-state index in [1.807, 2.05) is 0 Å². The predicted molar refractivity (Wildman–Crippen MR) is 49.9 cm³/mol. The van der Waals surface area contributed by atoms with Crippen LogP contribution in [0.5, 0.6) is 0 Å². The topological polar surface area (TPSA) is 17.1 Å². The van der Waals surface area contributed by atoms with Crippen molar-refractivity contribution >= 4 is 17.5 Å². The molecule has 1 rings (SSSR count). The highest BCUT2D eigenvalue weighted by Crippen LogP contribution is 2.23. The van der Waals surface area contributed by atoms with Gasteiger partial charge in [0, 0.05) is 6.08 Å². The molecule has 0 heterocycles. The summed E-state index contributed by atoms with van der Waals surface area (Å²) in [4.78, 5) is 9.90. The normalized spacial score (nSPS) is 11.8. The van der Waals surface area contributed by atoms with E-state index in [2.05, 4.69) is 0 Å². The van der Waals surface area contributed by atoms with Crippen molar-refractivity contribution in [2.45, 2.75) is 11.8 Å². The summed E-state index contributed by atoms with van der Waals surface area (Å²) in [6, 6.07) is 5.89. The Labute approximate surface area is 80.8 Å². The molecule has 3 heteroatoms. The van der Waals surface area contributed by atoms with E-state index in [9.17, 15) is 9.18 Å². The lowest BCUT2D eigenvalue weighted by atomic mass is 10.1. The van der Waals surface area contributed by atoms with Gasteiger partial charge in [-0.1, -0.05) is 12.1 Å². The van der Waals surface area contributed by atoms with Gasteiger partial charge in [0.15, 0.2) is 0 Å². The lowest BCUT2D eigenvalue weighted by Crippen LogP contribution is -1.88. The maximum Gasteiger partial charge on any atom is 0.123 e. The van der Waals surface area contributed by atoms with Crippen molar-refractivity contribution in [3.63, 3.8) is 0 Å². The smallest absolute Gasteiger partial charge is 0.123 e. The van der Waals surface area contributed by atoms with Crippen LogP contribution in [0.4, 0.5) is 4.39 Å². The van der Waals surface area contributed by atoms with Gasteiger partial charge < -0.3 is 0 Å². The van der Waals surface area contributed by atoms with Crippen LogP contribution in [-0.4, -0.2) is 5.94 Å². The van der Waals surface area contributed by atoms with Crippen LogP contribution in [0.25, 0.3) is 0 Å². The molecule has 0 fully saturated rings. The molecule has 1 nitrogen and oxygen atoms in total. The van der Waals surface area contributed by atoms with E-state index in [0.717, 1.165) is 5.56 Å².